The van der Waals surface area contributed by atoms with Crippen molar-refractivity contribution >= 4 is 22.8 Å². The number of rotatable bonds is 6. The van der Waals surface area contributed by atoms with Crippen LogP contribution >= 0.6 is 0 Å². The summed E-state index contributed by atoms with van der Waals surface area (Å²) in [5.41, 5.74) is 4.77. The summed E-state index contributed by atoms with van der Waals surface area (Å²) in [6, 6.07) is 15.2. The topological polar surface area (TPSA) is 91.6 Å². The van der Waals surface area contributed by atoms with Crippen LogP contribution in [0.5, 0.6) is 5.75 Å². The summed E-state index contributed by atoms with van der Waals surface area (Å²) in [6.07, 6.45) is 1.81. The van der Waals surface area contributed by atoms with Crippen LogP contribution in [0.2, 0.25) is 0 Å². The van der Waals surface area contributed by atoms with Gasteiger partial charge in [-0.2, -0.15) is 0 Å². The molecule has 0 radical (unpaired) electrons. The highest BCUT2D eigenvalue weighted by atomic mass is 16.6. The van der Waals surface area contributed by atoms with E-state index in [1.807, 2.05) is 44.3 Å². The van der Waals surface area contributed by atoms with E-state index in [2.05, 4.69) is 11.1 Å². The molecule has 0 bridgehead atoms. The number of carbonyl (C=O) groups excluding carboxylic acids is 1. The lowest BCUT2D eigenvalue weighted by molar-refractivity contribution is -0.384. The van der Waals surface area contributed by atoms with Gasteiger partial charge in [0.15, 0.2) is 6.61 Å². The zero-order valence-electron chi connectivity index (χ0n) is 17.1. The summed E-state index contributed by atoms with van der Waals surface area (Å²) >= 11 is 0. The summed E-state index contributed by atoms with van der Waals surface area (Å²) in [5.74, 6) is 0.971. The first-order valence-corrected chi connectivity index (χ1v) is 9.73. The van der Waals surface area contributed by atoms with E-state index in [-0.39, 0.29) is 18.1 Å². The molecule has 2 heterocycles. The Labute approximate surface area is 179 Å². The van der Waals surface area contributed by atoms with E-state index in [4.69, 9.17) is 9.47 Å². The zero-order valence-corrected chi connectivity index (χ0v) is 17.1. The van der Waals surface area contributed by atoms with E-state index in [1.165, 1.54) is 12.1 Å². The Kier molecular flexibility index (Phi) is 5.49. The maximum Gasteiger partial charge on any atom is 0.269 e. The third-order valence-corrected chi connectivity index (χ3v) is 5.04. The smallest absolute Gasteiger partial charge is 0.269 e. The normalized spacial score (nSPS) is 13.3. The van der Waals surface area contributed by atoms with Crippen molar-refractivity contribution in [1.29, 1.82) is 0 Å². The van der Waals surface area contributed by atoms with Crippen LogP contribution in [-0.4, -0.2) is 22.3 Å². The van der Waals surface area contributed by atoms with Gasteiger partial charge in [-0.3, -0.25) is 19.9 Å². The maximum atomic E-state index is 12.4. The first kappa shape index (κ1) is 20.3. The van der Waals surface area contributed by atoms with Crippen LogP contribution in [0.3, 0.4) is 0 Å². The molecule has 0 aliphatic carbocycles. The molecule has 7 nitrogen and oxygen atoms in total. The highest BCUT2D eigenvalue weighted by Gasteiger charge is 2.27. The van der Waals surface area contributed by atoms with Crippen molar-refractivity contribution in [3.8, 4) is 5.75 Å². The predicted octanol–water partition coefficient (Wildman–Crippen LogP) is 4.65. The van der Waals surface area contributed by atoms with Gasteiger partial charge >= 0.3 is 0 Å². The third-order valence-electron chi connectivity index (χ3n) is 5.04. The van der Waals surface area contributed by atoms with E-state index in [0.29, 0.717) is 29.3 Å². The fourth-order valence-electron chi connectivity index (χ4n) is 3.43. The van der Waals surface area contributed by atoms with E-state index >= 15 is 0 Å². The first-order chi connectivity index (χ1) is 14.9. The molecular weight excluding hydrogens is 396 g/mol. The zero-order chi connectivity index (χ0) is 22.0. The van der Waals surface area contributed by atoms with Crippen LogP contribution in [0.15, 0.2) is 60.8 Å². The van der Waals surface area contributed by atoms with Crippen LogP contribution in [0, 0.1) is 24.0 Å². The fourth-order valence-corrected chi connectivity index (χ4v) is 3.43. The molecule has 0 unspecified atom stereocenters. The molecule has 3 aromatic rings. The fraction of sp³-hybridized carbons (Fsp3) is 0.167. The van der Waals surface area contributed by atoms with Crippen LogP contribution in [0.25, 0.3) is 11.3 Å². The lowest BCUT2D eigenvalue weighted by atomic mass is 9.99. The molecule has 31 heavy (non-hydrogen) atoms. The molecule has 0 atom stereocenters. The minimum atomic E-state index is -0.474. The van der Waals surface area contributed by atoms with Crippen molar-refractivity contribution < 1.29 is 19.2 Å². The molecular formula is C24H20N2O5. The minimum absolute atomic E-state index is 0.0305. The van der Waals surface area contributed by atoms with Gasteiger partial charge in [-0.1, -0.05) is 6.07 Å². The number of ketones is 1. The van der Waals surface area contributed by atoms with E-state index in [0.717, 1.165) is 22.4 Å². The van der Waals surface area contributed by atoms with Crippen molar-refractivity contribution in [2.75, 3.05) is 6.61 Å². The standard InChI is InChI=1S/C24H20N2O5/c1-15-11-16(2)21(25-12-15)13-30-20-9-5-18(6-10-20)24-23(22(27)14-31-24)17-3-7-19(8-4-17)26(28)29/h3-12H,13-14H2,1-2H3. The number of aryl methyl sites for hydroxylation is 2. The Bertz CT molecular complexity index is 1180. The molecule has 4 rings (SSSR count). The van der Waals surface area contributed by atoms with Gasteiger partial charge in [0.1, 0.15) is 18.1 Å². The lowest BCUT2D eigenvalue weighted by Crippen LogP contribution is -2.01. The van der Waals surface area contributed by atoms with E-state index in [1.54, 1.807) is 12.1 Å². The average molecular weight is 416 g/mol. The number of aromatic nitrogens is 1. The first-order valence-electron chi connectivity index (χ1n) is 9.73. The molecule has 2 aromatic carbocycles. The number of hydrogen-bond acceptors (Lipinski definition) is 6. The van der Waals surface area contributed by atoms with Crippen molar-refractivity contribution in [1.82, 2.24) is 4.98 Å². The predicted molar refractivity (Wildman–Crippen MR) is 115 cm³/mol. The van der Waals surface area contributed by atoms with Gasteiger partial charge in [0.05, 0.1) is 16.2 Å². The van der Waals surface area contributed by atoms with Gasteiger partial charge in [0.2, 0.25) is 5.78 Å². The second-order valence-corrected chi connectivity index (χ2v) is 7.31. The quantitative estimate of drug-likeness (QED) is 0.429. The highest BCUT2D eigenvalue weighted by Crippen LogP contribution is 2.34. The third kappa shape index (κ3) is 4.30. The van der Waals surface area contributed by atoms with Crippen molar-refractivity contribution in [2.45, 2.75) is 20.5 Å². The number of Topliss-reactive ketones (excluding diaryl/α,β-unsaturated/α-hetero) is 1. The van der Waals surface area contributed by atoms with E-state index < -0.39 is 4.92 Å². The molecule has 1 aliphatic heterocycles. The van der Waals surface area contributed by atoms with Crippen LogP contribution < -0.4 is 4.74 Å². The number of nitrogens with zero attached hydrogens (tertiary/aromatic N) is 2. The summed E-state index contributed by atoms with van der Waals surface area (Å²) in [6.45, 7) is 4.30. The molecule has 0 amide bonds. The molecule has 0 saturated carbocycles. The Balaban J connectivity index is 1.55. The number of ether oxygens (including phenoxy) is 2. The van der Waals surface area contributed by atoms with Crippen LogP contribution in [-0.2, 0) is 16.1 Å². The summed E-state index contributed by atoms with van der Waals surface area (Å²) in [4.78, 5) is 27.2. The van der Waals surface area contributed by atoms with Crippen LogP contribution in [0.1, 0.15) is 27.9 Å². The van der Waals surface area contributed by atoms with Gasteiger partial charge in [-0.05, 0) is 66.9 Å². The van der Waals surface area contributed by atoms with Crippen molar-refractivity contribution in [3.05, 3.63) is 98.9 Å². The SMILES string of the molecule is Cc1cnc(COc2ccc(C3=C(c4ccc([N+](=O)[O-])cc4)C(=O)CO3)cc2)c(C)c1. The van der Waals surface area contributed by atoms with Gasteiger partial charge in [-0.25, -0.2) is 0 Å². The molecule has 0 N–H and O–H groups in total. The Morgan fingerprint density at radius 2 is 1.74 bits per heavy atom. The Hall–Kier alpha value is -4.00. The largest absolute Gasteiger partial charge is 0.487 e. The summed E-state index contributed by atoms with van der Waals surface area (Å²) in [5, 5.41) is 10.9. The maximum absolute atomic E-state index is 12.4. The average Bonchev–Trinajstić information content (AvgIpc) is 3.15. The second kappa shape index (κ2) is 8.39. The van der Waals surface area contributed by atoms with Crippen molar-refractivity contribution in [2.24, 2.45) is 0 Å². The van der Waals surface area contributed by atoms with Gasteiger partial charge < -0.3 is 9.47 Å². The number of benzene rings is 2. The molecule has 7 heteroatoms. The monoisotopic (exact) mass is 416 g/mol. The Morgan fingerprint density at radius 3 is 2.39 bits per heavy atom. The number of carbonyl (C=O) groups is 1. The van der Waals surface area contributed by atoms with Gasteiger partial charge in [0.25, 0.3) is 5.69 Å². The molecule has 1 aliphatic rings. The minimum Gasteiger partial charge on any atom is -0.487 e. The molecule has 0 spiro atoms. The van der Waals surface area contributed by atoms with Gasteiger partial charge in [-0.15, -0.1) is 0 Å². The highest BCUT2D eigenvalue weighted by molar-refractivity contribution is 6.30. The molecule has 1 aromatic heterocycles. The van der Waals surface area contributed by atoms with E-state index in [9.17, 15) is 14.9 Å². The van der Waals surface area contributed by atoms with Crippen molar-refractivity contribution in [3.63, 3.8) is 0 Å². The van der Waals surface area contributed by atoms with Gasteiger partial charge in [0, 0.05) is 23.9 Å². The van der Waals surface area contributed by atoms with Crippen LogP contribution in [0.4, 0.5) is 5.69 Å². The Morgan fingerprint density at radius 1 is 1.06 bits per heavy atom. The number of non-ortho nitro benzene ring substituents is 1. The molecule has 0 fully saturated rings. The lowest BCUT2D eigenvalue weighted by Gasteiger charge is -2.10. The molecule has 156 valence electrons. The number of nitro groups is 1. The number of pyridine rings is 1. The number of nitro benzene ring substituents is 1. The summed E-state index contributed by atoms with van der Waals surface area (Å²) in [7, 11) is 0. The number of hydrogen-bond donors (Lipinski definition) is 0. The molecule has 0 saturated heterocycles. The second-order valence-electron chi connectivity index (χ2n) is 7.31. The summed E-state index contributed by atoms with van der Waals surface area (Å²) < 4.78 is 11.5.